The molecule has 0 aliphatic heterocycles. The van der Waals surface area contributed by atoms with Crippen molar-refractivity contribution in [2.75, 3.05) is 79.2 Å². The molecule has 1 N–H and O–H groups in total. The summed E-state index contributed by atoms with van der Waals surface area (Å²) in [5.41, 5.74) is 0.937. The van der Waals surface area contributed by atoms with E-state index in [4.69, 9.17) is 33.2 Å². The van der Waals surface area contributed by atoms with Crippen molar-refractivity contribution in [1.82, 2.24) is 5.32 Å². The molecule has 1 amide bonds. The Bertz CT molecular complexity index is 586. The van der Waals surface area contributed by atoms with E-state index in [9.17, 15) is 9.59 Å². The van der Waals surface area contributed by atoms with Gasteiger partial charge < -0.3 is 38.5 Å². The van der Waals surface area contributed by atoms with Gasteiger partial charge in [0.15, 0.2) is 0 Å². The third kappa shape index (κ3) is 18.5. The van der Waals surface area contributed by atoms with Crippen LogP contribution < -0.4 is 5.32 Å². The van der Waals surface area contributed by atoms with Gasteiger partial charge in [-0.1, -0.05) is 30.3 Å². The van der Waals surface area contributed by atoms with E-state index < -0.39 is 6.09 Å². The topological polar surface area (TPSA) is 111 Å². The maximum absolute atomic E-state index is 11.6. The van der Waals surface area contributed by atoms with Crippen molar-refractivity contribution in [3.63, 3.8) is 0 Å². The Morgan fingerprint density at radius 2 is 1.12 bits per heavy atom. The number of ether oxygens (including phenoxy) is 7. The Balaban J connectivity index is 1.72. The molecule has 0 aliphatic carbocycles. The Kier molecular flexibility index (Phi) is 17.9. The number of benzene rings is 1. The number of carbonyl (C=O) groups excluding carboxylic acids is 2. The van der Waals surface area contributed by atoms with Gasteiger partial charge in [0.1, 0.15) is 13.2 Å². The van der Waals surface area contributed by atoms with Crippen LogP contribution in [0.4, 0.5) is 4.79 Å². The first-order valence-corrected chi connectivity index (χ1v) is 10.6. The van der Waals surface area contributed by atoms with Gasteiger partial charge in [-0.25, -0.2) is 4.79 Å². The molecule has 0 spiro atoms. The fraction of sp³-hybridized carbons (Fsp3) is 0.636. The highest BCUT2D eigenvalue weighted by atomic mass is 16.6. The third-order valence-corrected chi connectivity index (χ3v) is 3.75. The Morgan fingerprint density at radius 1 is 0.656 bits per heavy atom. The van der Waals surface area contributed by atoms with E-state index in [1.54, 1.807) is 0 Å². The van der Waals surface area contributed by atoms with Crippen molar-refractivity contribution in [2.24, 2.45) is 0 Å². The predicted molar refractivity (Wildman–Crippen MR) is 115 cm³/mol. The first-order chi connectivity index (χ1) is 15.7. The molecule has 0 unspecified atom stereocenters. The standard InChI is InChI=1S/C22H35NO9/c1-20(24)31-18-17-30-16-15-29-14-13-28-12-11-27-10-9-26-8-7-23-22(25)32-19-21-5-3-2-4-6-21/h2-6H,7-19H2,1H3,(H,23,25). The highest BCUT2D eigenvalue weighted by molar-refractivity contribution is 5.67. The van der Waals surface area contributed by atoms with Gasteiger partial charge in [-0.3, -0.25) is 4.79 Å². The zero-order valence-electron chi connectivity index (χ0n) is 18.8. The molecular weight excluding hydrogens is 422 g/mol. The van der Waals surface area contributed by atoms with Gasteiger partial charge in [-0.05, 0) is 5.56 Å². The summed E-state index contributed by atoms with van der Waals surface area (Å²) in [4.78, 5) is 22.1. The number of nitrogens with one attached hydrogen (secondary N) is 1. The van der Waals surface area contributed by atoms with Crippen LogP contribution in [0.25, 0.3) is 0 Å². The first kappa shape index (κ1) is 27.8. The Labute approximate surface area is 189 Å². The van der Waals surface area contributed by atoms with Crippen LogP contribution in [-0.2, 0) is 44.6 Å². The lowest BCUT2D eigenvalue weighted by Crippen LogP contribution is -2.28. The van der Waals surface area contributed by atoms with Crippen LogP contribution in [0.3, 0.4) is 0 Å². The van der Waals surface area contributed by atoms with E-state index in [2.05, 4.69) is 5.32 Å². The monoisotopic (exact) mass is 457 g/mol. The summed E-state index contributed by atoms with van der Waals surface area (Å²) in [6.07, 6.45) is -0.471. The number of hydrogen-bond acceptors (Lipinski definition) is 9. The fourth-order valence-electron chi connectivity index (χ4n) is 2.23. The van der Waals surface area contributed by atoms with E-state index >= 15 is 0 Å². The smallest absolute Gasteiger partial charge is 0.407 e. The minimum Gasteiger partial charge on any atom is -0.463 e. The number of esters is 1. The molecule has 1 rings (SSSR count). The largest absolute Gasteiger partial charge is 0.463 e. The third-order valence-electron chi connectivity index (χ3n) is 3.75. The van der Waals surface area contributed by atoms with Crippen molar-refractivity contribution in [2.45, 2.75) is 13.5 Å². The normalized spacial score (nSPS) is 10.7. The summed E-state index contributed by atoms with van der Waals surface area (Å²) in [7, 11) is 0. The van der Waals surface area contributed by atoms with Crippen molar-refractivity contribution < 1.29 is 42.7 Å². The van der Waals surface area contributed by atoms with Gasteiger partial charge in [0.05, 0.1) is 66.1 Å². The summed E-state index contributed by atoms with van der Waals surface area (Å²) in [5, 5.41) is 2.62. The first-order valence-electron chi connectivity index (χ1n) is 10.6. The molecule has 10 nitrogen and oxygen atoms in total. The maximum Gasteiger partial charge on any atom is 0.407 e. The van der Waals surface area contributed by atoms with Gasteiger partial charge in [-0.15, -0.1) is 0 Å². The molecule has 0 heterocycles. The van der Waals surface area contributed by atoms with Crippen LogP contribution in [0.15, 0.2) is 30.3 Å². The second-order valence-electron chi connectivity index (χ2n) is 6.39. The van der Waals surface area contributed by atoms with Crippen molar-refractivity contribution in [3.8, 4) is 0 Å². The number of carbonyl (C=O) groups is 2. The van der Waals surface area contributed by atoms with Gasteiger partial charge in [0.2, 0.25) is 0 Å². The van der Waals surface area contributed by atoms with E-state index in [0.717, 1.165) is 5.56 Å². The van der Waals surface area contributed by atoms with E-state index in [1.165, 1.54) is 6.92 Å². The fourth-order valence-corrected chi connectivity index (χ4v) is 2.23. The second kappa shape index (κ2) is 20.7. The van der Waals surface area contributed by atoms with Crippen molar-refractivity contribution in [1.29, 1.82) is 0 Å². The van der Waals surface area contributed by atoms with Crippen LogP contribution in [0.2, 0.25) is 0 Å². The highest BCUT2D eigenvalue weighted by Gasteiger charge is 2.01. The number of amides is 1. The summed E-state index contributed by atoms with van der Waals surface area (Å²) in [5.74, 6) is -0.315. The van der Waals surface area contributed by atoms with Crippen LogP contribution in [0.5, 0.6) is 0 Å². The molecular formula is C22H35NO9. The van der Waals surface area contributed by atoms with Crippen LogP contribution in [0.1, 0.15) is 12.5 Å². The van der Waals surface area contributed by atoms with E-state index in [1.807, 2.05) is 30.3 Å². The molecule has 0 aliphatic rings. The molecule has 0 atom stereocenters. The zero-order valence-corrected chi connectivity index (χ0v) is 18.8. The lowest BCUT2D eigenvalue weighted by atomic mass is 10.2. The molecule has 182 valence electrons. The predicted octanol–water partition coefficient (Wildman–Crippen LogP) is 1.56. The minimum absolute atomic E-state index is 0.239. The van der Waals surface area contributed by atoms with Crippen molar-refractivity contribution >= 4 is 12.1 Å². The molecule has 0 bridgehead atoms. The number of hydrogen-bond donors (Lipinski definition) is 1. The van der Waals surface area contributed by atoms with E-state index in [-0.39, 0.29) is 19.2 Å². The Morgan fingerprint density at radius 3 is 1.62 bits per heavy atom. The molecule has 0 aromatic heterocycles. The summed E-state index contributed by atoms with van der Waals surface area (Å²) in [6, 6.07) is 9.48. The molecule has 0 fully saturated rings. The van der Waals surface area contributed by atoms with Crippen molar-refractivity contribution in [3.05, 3.63) is 35.9 Å². The summed E-state index contributed by atoms with van der Waals surface area (Å²) < 4.78 is 36.5. The molecule has 1 aromatic rings. The van der Waals surface area contributed by atoms with Gasteiger partial charge in [-0.2, -0.15) is 0 Å². The molecule has 0 radical (unpaired) electrons. The Hall–Kier alpha value is -2.24. The highest BCUT2D eigenvalue weighted by Crippen LogP contribution is 2.00. The van der Waals surface area contributed by atoms with Crippen LogP contribution in [0, 0.1) is 0 Å². The van der Waals surface area contributed by atoms with Gasteiger partial charge in [0.25, 0.3) is 0 Å². The quantitative estimate of drug-likeness (QED) is 0.230. The second-order valence-corrected chi connectivity index (χ2v) is 6.39. The van der Waals surface area contributed by atoms with Gasteiger partial charge >= 0.3 is 12.1 Å². The average Bonchev–Trinajstić information content (AvgIpc) is 2.79. The molecule has 1 aromatic carbocycles. The summed E-state index contributed by atoms with van der Waals surface area (Å²) in [6.45, 7) is 6.61. The number of alkyl carbamates (subject to hydrolysis) is 1. The molecule has 32 heavy (non-hydrogen) atoms. The molecule has 10 heteroatoms. The van der Waals surface area contributed by atoms with E-state index in [0.29, 0.717) is 72.6 Å². The minimum atomic E-state index is -0.471. The SMILES string of the molecule is CC(=O)OCCOCCOCCOCCOCCOCCNC(=O)OCc1ccccc1. The average molecular weight is 458 g/mol. The van der Waals surface area contributed by atoms with Gasteiger partial charge in [0, 0.05) is 13.5 Å². The maximum atomic E-state index is 11.6. The van der Waals surface area contributed by atoms with Crippen LogP contribution in [-0.4, -0.2) is 91.3 Å². The zero-order chi connectivity index (χ0) is 23.1. The lowest BCUT2D eigenvalue weighted by Gasteiger charge is -2.09. The summed E-state index contributed by atoms with van der Waals surface area (Å²) >= 11 is 0. The molecule has 0 saturated heterocycles. The van der Waals surface area contributed by atoms with Crippen LogP contribution >= 0.6 is 0 Å². The number of rotatable bonds is 20. The molecule has 0 saturated carbocycles. The lowest BCUT2D eigenvalue weighted by molar-refractivity contribution is -0.142.